The van der Waals surface area contributed by atoms with Crippen molar-refractivity contribution >= 4 is 10.0 Å². The molecule has 0 bridgehead atoms. The average molecular weight is 325 g/mol. The highest BCUT2D eigenvalue weighted by Crippen LogP contribution is 2.29. The lowest BCUT2D eigenvalue weighted by molar-refractivity contribution is -0.137. The normalized spacial score (nSPS) is 15.7. The summed E-state index contributed by atoms with van der Waals surface area (Å²) in [5.74, 6) is -0.214. The minimum absolute atomic E-state index is 0.214. The fourth-order valence-electron chi connectivity index (χ4n) is 1.72. The Labute approximate surface area is 122 Å². The Kier molecular flexibility index (Phi) is 5.77. The molecule has 1 aromatic rings. The zero-order chi connectivity index (χ0) is 16.3. The molecular weight excluding hydrogens is 307 g/mol. The Hall–Kier alpha value is -1.12. The number of sulfonamides is 1. The summed E-state index contributed by atoms with van der Waals surface area (Å²) >= 11 is 0. The summed E-state index contributed by atoms with van der Waals surface area (Å²) in [6.45, 7) is 3.18. The third-order valence-electron chi connectivity index (χ3n) is 2.95. The summed E-state index contributed by atoms with van der Waals surface area (Å²) in [5, 5.41) is 0. The van der Waals surface area contributed by atoms with Crippen molar-refractivity contribution in [2.24, 2.45) is 0 Å². The lowest BCUT2D eigenvalue weighted by atomic mass is 10.1. The molecule has 0 aliphatic rings. The number of nitrogens with one attached hydrogen (secondary N) is 1. The minimum Gasteiger partial charge on any atom is -0.381 e. The molecule has 0 radical (unpaired) electrons. The standard InChI is InChI=1S/C13H18F3NO3S/c1-9(20-3)8-21(18,19)17-10(2)11-4-6-12(7-5-11)13(14,15)16/h4-7,9-10,17H,8H2,1-3H3/t9?,10-/m1/s1. The van der Waals surface area contributed by atoms with Crippen LogP contribution < -0.4 is 4.72 Å². The Balaban J connectivity index is 2.78. The van der Waals surface area contributed by atoms with E-state index in [4.69, 9.17) is 4.74 Å². The van der Waals surface area contributed by atoms with Gasteiger partial charge in [-0.3, -0.25) is 0 Å². The van der Waals surface area contributed by atoms with Crippen molar-refractivity contribution < 1.29 is 26.3 Å². The van der Waals surface area contributed by atoms with Crippen LogP contribution in [0.1, 0.15) is 31.0 Å². The predicted octanol–water partition coefficient (Wildman–Crippen LogP) is 2.72. The van der Waals surface area contributed by atoms with Crippen molar-refractivity contribution in [3.05, 3.63) is 35.4 Å². The van der Waals surface area contributed by atoms with Crippen molar-refractivity contribution in [3.8, 4) is 0 Å². The van der Waals surface area contributed by atoms with Crippen LogP contribution in [-0.4, -0.2) is 27.4 Å². The molecule has 1 N–H and O–H groups in total. The Morgan fingerprint density at radius 3 is 2.14 bits per heavy atom. The molecule has 0 amide bonds. The van der Waals surface area contributed by atoms with Crippen LogP contribution in [0.2, 0.25) is 0 Å². The van der Waals surface area contributed by atoms with E-state index in [0.717, 1.165) is 12.1 Å². The van der Waals surface area contributed by atoms with Gasteiger partial charge >= 0.3 is 6.18 Å². The van der Waals surface area contributed by atoms with Crippen LogP contribution in [-0.2, 0) is 20.9 Å². The van der Waals surface area contributed by atoms with Gasteiger partial charge in [0, 0.05) is 13.2 Å². The van der Waals surface area contributed by atoms with Crippen LogP contribution in [0.3, 0.4) is 0 Å². The highest BCUT2D eigenvalue weighted by Gasteiger charge is 2.30. The van der Waals surface area contributed by atoms with E-state index in [9.17, 15) is 21.6 Å². The Morgan fingerprint density at radius 1 is 1.19 bits per heavy atom. The Morgan fingerprint density at radius 2 is 1.71 bits per heavy atom. The average Bonchev–Trinajstić information content (AvgIpc) is 2.36. The molecule has 0 aliphatic carbocycles. The van der Waals surface area contributed by atoms with Crippen molar-refractivity contribution in [2.45, 2.75) is 32.2 Å². The first kappa shape index (κ1) is 17.9. The highest BCUT2D eigenvalue weighted by molar-refractivity contribution is 7.89. The van der Waals surface area contributed by atoms with Crippen molar-refractivity contribution in [3.63, 3.8) is 0 Å². The fourth-order valence-corrected chi connectivity index (χ4v) is 3.25. The first-order valence-corrected chi connectivity index (χ1v) is 7.90. The number of ether oxygens (including phenoxy) is 1. The van der Waals surface area contributed by atoms with E-state index in [2.05, 4.69) is 4.72 Å². The highest BCUT2D eigenvalue weighted by atomic mass is 32.2. The van der Waals surface area contributed by atoms with Gasteiger partial charge in [-0.15, -0.1) is 0 Å². The van der Waals surface area contributed by atoms with Crippen LogP contribution in [0.15, 0.2) is 24.3 Å². The zero-order valence-corrected chi connectivity index (χ0v) is 12.8. The van der Waals surface area contributed by atoms with Crippen molar-refractivity contribution in [1.82, 2.24) is 4.72 Å². The second-order valence-corrected chi connectivity index (χ2v) is 6.59. The van der Waals surface area contributed by atoms with E-state index >= 15 is 0 Å². The molecule has 0 saturated carbocycles. The second-order valence-electron chi connectivity index (χ2n) is 4.79. The molecule has 1 rings (SSSR count). The Bertz CT molecular complexity index is 555. The van der Waals surface area contributed by atoms with E-state index in [0.29, 0.717) is 5.56 Å². The third kappa shape index (κ3) is 5.64. The molecule has 21 heavy (non-hydrogen) atoms. The first-order chi connectivity index (χ1) is 9.55. The number of hydrogen-bond donors (Lipinski definition) is 1. The smallest absolute Gasteiger partial charge is 0.381 e. The summed E-state index contributed by atoms with van der Waals surface area (Å²) < 4.78 is 68.3. The molecule has 0 saturated heterocycles. The molecule has 4 nitrogen and oxygen atoms in total. The first-order valence-electron chi connectivity index (χ1n) is 6.25. The second kappa shape index (κ2) is 6.76. The monoisotopic (exact) mass is 325 g/mol. The van der Waals surface area contributed by atoms with Gasteiger partial charge in [-0.25, -0.2) is 13.1 Å². The number of halogens is 3. The maximum atomic E-state index is 12.4. The van der Waals surface area contributed by atoms with Crippen molar-refractivity contribution in [2.75, 3.05) is 12.9 Å². The van der Waals surface area contributed by atoms with Gasteiger partial charge in [0.05, 0.1) is 17.4 Å². The number of benzene rings is 1. The quantitative estimate of drug-likeness (QED) is 0.875. The molecule has 0 fully saturated rings. The number of alkyl halides is 3. The van der Waals surface area contributed by atoms with Crippen LogP contribution >= 0.6 is 0 Å². The van der Waals surface area contributed by atoms with E-state index < -0.39 is 33.9 Å². The van der Waals surface area contributed by atoms with E-state index in [1.807, 2.05) is 0 Å². The third-order valence-corrected chi connectivity index (χ3v) is 4.57. The topological polar surface area (TPSA) is 55.4 Å². The van der Waals surface area contributed by atoms with Gasteiger partial charge in [0.25, 0.3) is 0 Å². The summed E-state index contributed by atoms with van der Waals surface area (Å²) in [7, 11) is -2.17. The van der Waals surface area contributed by atoms with Gasteiger partial charge < -0.3 is 4.74 Å². The number of hydrogen-bond acceptors (Lipinski definition) is 3. The molecule has 0 heterocycles. The molecule has 2 atom stereocenters. The van der Waals surface area contributed by atoms with Crippen LogP contribution in [0.4, 0.5) is 13.2 Å². The number of rotatable bonds is 6. The van der Waals surface area contributed by atoms with Crippen molar-refractivity contribution in [1.29, 1.82) is 0 Å². The summed E-state index contributed by atoms with van der Waals surface area (Å²) in [5.41, 5.74) is -0.314. The lowest BCUT2D eigenvalue weighted by Crippen LogP contribution is -2.33. The van der Waals surface area contributed by atoms with E-state index in [1.165, 1.54) is 19.2 Å². The summed E-state index contributed by atoms with van der Waals surface area (Å²) in [6, 6.07) is 3.75. The molecule has 1 unspecified atom stereocenters. The molecule has 0 spiro atoms. The van der Waals surface area contributed by atoms with Gasteiger partial charge in [0.15, 0.2) is 0 Å². The molecule has 120 valence electrons. The number of methoxy groups -OCH3 is 1. The summed E-state index contributed by atoms with van der Waals surface area (Å²) in [4.78, 5) is 0. The summed E-state index contributed by atoms with van der Waals surface area (Å²) in [6.07, 6.45) is -4.88. The zero-order valence-electron chi connectivity index (χ0n) is 11.9. The molecule has 1 aromatic carbocycles. The van der Waals surface area contributed by atoms with Gasteiger partial charge in [0.2, 0.25) is 10.0 Å². The maximum absolute atomic E-state index is 12.4. The van der Waals surface area contributed by atoms with Crippen LogP contribution in [0, 0.1) is 0 Å². The minimum atomic E-state index is -4.41. The predicted molar refractivity (Wildman–Crippen MR) is 73.3 cm³/mol. The maximum Gasteiger partial charge on any atom is 0.416 e. The van der Waals surface area contributed by atoms with E-state index in [1.54, 1.807) is 13.8 Å². The van der Waals surface area contributed by atoms with Crippen LogP contribution in [0.25, 0.3) is 0 Å². The fraction of sp³-hybridized carbons (Fsp3) is 0.538. The van der Waals surface area contributed by atoms with Gasteiger partial charge in [-0.05, 0) is 31.5 Å². The van der Waals surface area contributed by atoms with Crippen LogP contribution in [0.5, 0.6) is 0 Å². The van der Waals surface area contributed by atoms with Gasteiger partial charge in [-0.1, -0.05) is 12.1 Å². The molecule has 0 aromatic heterocycles. The van der Waals surface area contributed by atoms with Gasteiger partial charge in [-0.2, -0.15) is 13.2 Å². The largest absolute Gasteiger partial charge is 0.416 e. The molecule has 8 heteroatoms. The van der Waals surface area contributed by atoms with Gasteiger partial charge in [0.1, 0.15) is 0 Å². The lowest BCUT2D eigenvalue weighted by Gasteiger charge is -2.17. The molecule has 0 aliphatic heterocycles. The molecular formula is C13H18F3NO3S. The van der Waals surface area contributed by atoms with E-state index in [-0.39, 0.29) is 5.75 Å². The SMILES string of the molecule is COC(C)CS(=O)(=O)N[C@H](C)c1ccc(C(F)(F)F)cc1.